The highest BCUT2D eigenvalue weighted by atomic mass is 79.9. The van der Waals surface area contributed by atoms with Crippen LogP contribution >= 0.6 is 27.3 Å². The Labute approximate surface area is 164 Å². The van der Waals surface area contributed by atoms with Crippen molar-refractivity contribution in [2.45, 2.75) is 36.3 Å². The molecule has 0 aliphatic heterocycles. The van der Waals surface area contributed by atoms with Gasteiger partial charge >= 0.3 is 0 Å². The summed E-state index contributed by atoms with van der Waals surface area (Å²) in [6.45, 7) is 1.91. The summed E-state index contributed by atoms with van der Waals surface area (Å²) in [5.41, 5.74) is 1.50. The molecule has 2 heterocycles. The van der Waals surface area contributed by atoms with Crippen LogP contribution in [-0.2, 0) is 10.0 Å². The summed E-state index contributed by atoms with van der Waals surface area (Å²) in [5, 5.41) is 0. The minimum absolute atomic E-state index is 0.245. The van der Waals surface area contributed by atoms with Crippen LogP contribution in [-0.4, -0.2) is 13.4 Å². The van der Waals surface area contributed by atoms with Crippen molar-refractivity contribution < 1.29 is 12.8 Å². The van der Waals surface area contributed by atoms with E-state index in [1.807, 2.05) is 13.0 Å². The van der Waals surface area contributed by atoms with Crippen LogP contribution in [0.25, 0.3) is 10.6 Å². The lowest BCUT2D eigenvalue weighted by atomic mass is 9.85. The first-order chi connectivity index (χ1) is 12.4. The van der Waals surface area contributed by atoms with E-state index in [4.69, 9.17) is 4.42 Å². The molecule has 1 N–H and O–H groups in total. The highest BCUT2D eigenvalue weighted by molar-refractivity contribution is 9.10. The number of anilines is 1. The second kappa shape index (κ2) is 6.83. The van der Waals surface area contributed by atoms with Gasteiger partial charge in [-0.3, -0.25) is 4.72 Å². The predicted octanol–water partition coefficient (Wildman–Crippen LogP) is 5.54. The molecule has 0 saturated heterocycles. The van der Waals surface area contributed by atoms with Gasteiger partial charge < -0.3 is 4.42 Å². The largest absolute Gasteiger partial charge is 0.440 e. The molecule has 0 bridgehead atoms. The number of halogens is 1. The minimum Gasteiger partial charge on any atom is -0.440 e. The smallest absolute Gasteiger partial charge is 0.271 e. The molecule has 0 radical (unpaired) electrons. The van der Waals surface area contributed by atoms with Gasteiger partial charge in [-0.2, -0.15) is 0 Å². The normalized spacial score (nSPS) is 15.0. The second-order valence-electron chi connectivity index (χ2n) is 6.38. The fraction of sp³-hybridized carbons (Fsp3) is 0.278. The third-order valence-corrected chi connectivity index (χ3v) is 8.34. The Kier molecular flexibility index (Phi) is 4.66. The van der Waals surface area contributed by atoms with Crippen molar-refractivity contribution in [3.05, 3.63) is 52.5 Å². The van der Waals surface area contributed by atoms with Crippen LogP contribution in [0.5, 0.6) is 0 Å². The third-order valence-electron chi connectivity index (χ3n) is 4.48. The van der Waals surface area contributed by atoms with Crippen LogP contribution in [0.3, 0.4) is 0 Å². The number of oxazole rings is 1. The van der Waals surface area contributed by atoms with Gasteiger partial charge in [-0.15, -0.1) is 11.3 Å². The average molecular weight is 453 g/mol. The second-order valence-corrected chi connectivity index (χ2v) is 10.2. The maximum Gasteiger partial charge on any atom is 0.271 e. The van der Waals surface area contributed by atoms with Crippen molar-refractivity contribution in [3.8, 4) is 10.6 Å². The SMILES string of the molecule is Cc1cc(NS(=O)(=O)c2ccc(-c3cnc(C4CCC4)o3)s2)ccc1Br. The van der Waals surface area contributed by atoms with Crippen molar-refractivity contribution in [2.24, 2.45) is 0 Å². The Bertz CT molecular complexity index is 1050. The number of nitrogens with one attached hydrogen (secondary N) is 1. The lowest BCUT2D eigenvalue weighted by Crippen LogP contribution is -2.11. The summed E-state index contributed by atoms with van der Waals surface area (Å²) >= 11 is 4.59. The maximum atomic E-state index is 12.7. The predicted molar refractivity (Wildman–Crippen MR) is 106 cm³/mol. The van der Waals surface area contributed by atoms with E-state index in [1.165, 1.54) is 17.8 Å². The van der Waals surface area contributed by atoms with Crippen molar-refractivity contribution >= 4 is 43.0 Å². The molecule has 4 rings (SSSR count). The summed E-state index contributed by atoms with van der Waals surface area (Å²) in [7, 11) is -3.64. The van der Waals surface area contributed by atoms with E-state index in [1.54, 1.807) is 30.5 Å². The number of aryl methyl sites for hydroxylation is 1. The van der Waals surface area contributed by atoms with Crippen molar-refractivity contribution in [1.82, 2.24) is 4.98 Å². The summed E-state index contributed by atoms with van der Waals surface area (Å²) in [6.07, 6.45) is 5.12. The summed E-state index contributed by atoms with van der Waals surface area (Å²) < 4.78 is 34.9. The van der Waals surface area contributed by atoms with Crippen LogP contribution in [0.15, 0.2) is 49.6 Å². The number of aromatic nitrogens is 1. The van der Waals surface area contributed by atoms with Crippen molar-refractivity contribution in [2.75, 3.05) is 4.72 Å². The van der Waals surface area contributed by atoms with E-state index in [9.17, 15) is 8.42 Å². The Hall–Kier alpha value is -1.64. The summed E-state index contributed by atoms with van der Waals surface area (Å²) in [4.78, 5) is 5.10. The Balaban J connectivity index is 1.56. The Morgan fingerprint density at radius 2 is 2.08 bits per heavy atom. The monoisotopic (exact) mass is 452 g/mol. The van der Waals surface area contributed by atoms with Crippen molar-refractivity contribution in [1.29, 1.82) is 0 Å². The molecule has 0 unspecified atom stereocenters. The topological polar surface area (TPSA) is 72.2 Å². The molecule has 1 fully saturated rings. The zero-order valence-electron chi connectivity index (χ0n) is 14.0. The van der Waals surface area contributed by atoms with E-state index in [-0.39, 0.29) is 4.21 Å². The van der Waals surface area contributed by atoms with Gasteiger partial charge in [-0.05, 0) is 55.7 Å². The Morgan fingerprint density at radius 1 is 1.27 bits per heavy atom. The number of nitrogens with zero attached hydrogens (tertiary/aromatic N) is 1. The van der Waals surface area contributed by atoms with Gasteiger partial charge in [0.15, 0.2) is 11.7 Å². The summed E-state index contributed by atoms with van der Waals surface area (Å²) in [5.74, 6) is 1.79. The molecule has 8 heteroatoms. The highest BCUT2D eigenvalue weighted by Gasteiger charge is 2.25. The maximum absolute atomic E-state index is 12.7. The number of sulfonamides is 1. The molecular formula is C18H17BrN2O3S2. The van der Waals surface area contributed by atoms with Gasteiger partial charge in [0, 0.05) is 16.1 Å². The fourth-order valence-corrected chi connectivity index (χ4v) is 5.30. The first-order valence-corrected chi connectivity index (χ1v) is 11.4. The van der Waals surface area contributed by atoms with Crippen LogP contribution in [0.1, 0.15) is 36.6 Å². The van der Waals surface area contributed by atoms with E-state index in [0.717, 1.165) is 33.6 Å². The molecule has 0 spiro atoms. The van der Waals surface area contributed by atoms with E-state index >= 15 is 0 Å². The molecule has 3 aromatic rings. The van der Waals surface area contributed by atoms with Gasteiger partial charge in [0.2, 0.25) is 0 Å². The van der Waals surface area contributed by atoms with Crippen LogP contribution < -0.4 is 4.72 Å². The molecule has 1 aromatic carbocycles. The third kappa shape index (κ3) is 3.45. The molecule has 26 heavy (non-hydrogen) atoms. The highest BCUT2D eigenvalue weighted by Crippen LogP contribution is 2.39. The van der Waals surface area contributed by atoms with Crippen LogP contribution in [0.2, 0.25) is 0 Å². The number of hydrogen-bond acceptors (Lipinski definition) is 5. The average Bonchev–Trinajstić information content (AvgIpc) is 3.18. The molecule has 5 nitrogen and oxygen atoms in total. The van der Waals surface area contributed by atoms with Gasteiger partial charge in [-0.1, -0.05) is 22.4 Å². The lowest BCUT2D eigenvalue weighted by molar-refractivity contribution is 0.338. The quantitative estimate of drug-likeness (QED) is 0.551. The lowest BCUT2D eigenvalue weighted by Gasteiger charge is -2.21. The molecular weight excluding hydrogens is 436 g/mol. The van der Waals surface area contributed by atoms with Gasteiger partial charge in [0.25, 0.3) is 10.0 Å². The number of benzene rings is 1. The minimum atomic E-state index is -3.64. The van der Waals surface area contributed by atoms with Gasteiger partial charge in [0.05, 0.1) is 11.1 Å². The van der Waals surface area contributed by atoms with Gasteiger partial charge in [0.1, 0.15) is 4.21 Å². The van der Waals surface area contributed by atoms with E-state index in [0.29, 0.717) is 17.4 Å². The zero-order valence-corrected chi connectivity index (χ0v) is 17.2. The molecule has 0 atom stereocenters. The zero-order chi connectivity index (χ0) is 18.3. The number of rotatable bonds is 5. The first kappa shape index (κ1) is 17.8. The van der Waals surface area contributed by atoms with E-state index < -0.39 is 10.0 Å². The number of thiophene rings is 1. The molecule has 1 aliphatic rings. The molecule has 2 aromatic heterocycles. The first-order valence-electron chi connectivity index (χ1n) is 8.27. The standard InChI is InChI=1S/C18H17BrN2O3S2/c1-11-9-13(5-6-14(11)19)21-26(22,23)17-8-7-16(25-17)15-10-20-18(24-15)12-3-2-4-12/h5-10,12,21H,2-4H2,1H3. The Morgan fingerprint density at radius 3 is 2.77 bits per heavy atom. The van der Waals surface area contributed by atoms with E-state index in [2.05, 4.69) is 25.6 Å². The van der Waals surface area contributed by atoms with Gasteiger partial charge in [-0.25, -0.2) is 13.4 Å². The summed E-state index contributed by atoms with van der Waals surface area (Å²) in [6, 6.07) is 8.70. The van der Waals surface area contributed by atoms with Crippen LogP contribution in [0.4, 0.5) is 5.69 Å². The molecule has 1 aliphatic carbocycles. The molecule has 1 saturated carbocycles. The van der Waals surface area contributed by atoms with Crippen LogP contribution in [0, 0.1) is 6.92 Å². The van der Waals surface area contributed by atoms with Crippen molar-refractivity contribution in [3.63, 3.8) is 0 Å². The molecule has 136 valence electrons. The molecule has 0 amide bonds. The number of hydrogen-bond donors (Lipinski definition) is 1. The fourth-order valence-electron chi connectivity index (χ4n) is 2.76.